The third-order valence-electron chi connectivity index (χ3n) is 4.33. The van der Waals surface area contributed by atoms with Crippen molar-refractivity contribution in [3.05, 3.63) is 94.5 Å². The number of nitriles is 1. The Kier molecular flexibility index (Phi) is 4.04. The van der Waals surface area contributed by atoms with Gasteiger partial charge < -0.3 is 4.98 Å². The van der Waals surface area contributed by atoms with E-state index in [2.05, 4.69) is 11.1 Å². The largest absolute Gasteiger partial charge is 0.354 e. The second-order valence-electron chi connectivity index (χ2n) is 5.95. The van der Waals surface area contributed by atoms with Gasteiger partial charge >= 0.3 is 0 Å². The Morgan fingerprint density at radius 2 is 1.69 bits per heavy atom. The molecular weight excluding hydrogens is 344 g/mol. The van der Waals surface area contributed by atoms with Gasteiger partial charge in [-0.3, -0.25) is 4.79 Å². The molecular formula is C22H13ClN2O. The third-order valence-corrected chi connectivity index (χ3v) is 4.56. The zero-order chi connectivity index (χ0) is 18.1. The number of carbonyl (C=O) groups is 1. The van der Waals surface area contributed by atoms with Gasteiger partial charge in [-0.1, -0.05) is 54.1 Å². The summed E-state index contributed by atoms with van der Waals surface area (Å²) in [4.78, 5) is 16.6. The number of benzene rings is 3. The Balaban J connectivity index is 1.97. The summed E-state index contributed by atoms with van der Waals surface area (Å²) in [5.41, 5.74) is 4.18. The van der Waals surface area contributed by atoms with Gasteiger partial charge in [-0.05, 0) is 35.9 Å². The minimum atomic E-state index is -0.0709. The van der Waals surface area contributed by atoms with Crippen LogP contribution in [0.25, 0.3) is 22.2 Å². The number of hydrogen-bond acceptors (Lipinski definition) is 2. The van der Waals surface area contributed by atoms with E-state index in [9.17, 15) is 4.79 Å². The van der Waals surface area contributed by atoms with E-state index in [0.717, 1.165) is 22.2 Å². The van der Waals surface area contributed by atoms with E-state index in [1.807, 2.05) is 36.4 Å². The molecule has 0 aliphatic rings. The highest BCUT2D eigenvalue weighted by atomic mass is 35.5. The summed E-state index contributed by atoms with van der Waals surface area (Å²) in [7, 11) is 0. The van der Waals surface area contributed by atoms with Crippen molar-refractivity contribution in [2.24, 2.45) is 0 Å². The molecule has 1 aromatic heterocycles. The summed E-state index contributed by atoms with van der Waals surface area (Å²) in [6, 6.07) is 23.9. The van der Waals surface area contributed by atoms with Crippen LogP contribution in [0.5, 0.6) is 0 Å². The lowest BCUT2D eigenvalue weighted by molar-refractivity contribution is 0.104. The van der Waals surface area contributed by atoms with Gasteiger partial charge in [0, 0.05) is 21.5 Å². The predicted octanol–water partition coefficient (Wildman–Crippen LogP) is 5.59. The molecule has 0 fully saturated rings. The predicted molar refractivity (Wildman–Crippen MR) is 103 cm³/mol. The molecule has 1 N–H and O–H groups in total. The molecule has 0 spiro atoms. The van der Waals surface area contributed by atoms with Gasteiger partial charge in [0.2, 0.25) is 0 Å². The fraction of sp³-hybridized carbons (Fsp3) is 0. The molecule has 4 aromatic rings. The number of aromatic amines is 1. The van der Waals surface area contributed by atoms with E-state index < -0.39 is 0 Å². The van der Waals surface area contributed by atoms with Crippen molar-refractivity contribution in [2.45, 2.75) is 0 Å². The minimum Gasteiger partial charge on any atom is -0.354 e. The van der Waals surface area contributed by atoms with Crippen LogP contribution in [-0.2, 0) is 0 Å². The molecule has 0 unspecified atom stereocenters. The van der Waals surface area contributed by atoms with Crippen LogP contribution < -0.4 is 0 Å². The molecule has 0 aliphatic heterocycles. The molecule has 3 aromatic carbocycles. The zero-order valence-electron chi connectivity index (χ0n) is 13.7. The van der Waals surface area contributed by atoms with E-state index in [-0.39, 0.29) is 5.78 Å². The topological polar surface area (TPSA) is 56.6 Å². The number of H-pyrrole nitrogens is 1. The van der Waals surface area contributed by atoms with Crippen molar-refractivity contribution < 1.29 is 4.79 Å². The van der Waals surface area contributed by atoms with Gasteiger partial charge in [0.05, 0.1) is 22.9 Å². The van der Waals surface area contributed by atoms with Gasteiger partial charge in [0.1, 0.15) is 0 Å². The van der Waals surface area contributed by atoms with E-state index >= 15 is 0 Å². The Hall–Kier alpha value is -3.35. The van der Waals surface area contributed by atoms with Crippen LogP contribution in [0.1, 0.15) is 21.5 Å². The fourth-order valence-corrected chi connectivity index (χ4v) is 3.23. The lowest BCUT2D eigenvalue weighted by atomic mass is 9.97. The SMILES string of the molecule is N#Cc1ccc(-c2[nH]c3ccc(Cl)cc3c2C(=O)c2ccccc2)cc1. The first-order chi connectivity index (χ1) is 12.7. The minimum absolute atomic E-state index is 0.0709. The quantitative estimate of drug-likeness (QED) is 0.486. The van der Waals surface area contributed by atoms with Gasteiger partial charge in [0.15, 0.2) is 5.78 Å². The number of fused-ring (bicyclic) bond motifs is 1. The van der Waals surface area contributed by atoms with Crippen LogP contribution in [-0.4, -0.2) is 10.8 Å². The molecule has 0 amide bonds. The Morgan fingerprint density at radius 3 is 2.38 bits per heavy atom. The first-order valence-electron chi connectivity index (χ1n) is 8.09. The molecule has 0 atom stereocenters. The second kappa shape index (κ2) is 6.51. The number of hydrogen-bond donors (Lipinski definition) is 1. The lowest BCUT2D eigenvalue weighted by Gasteiger charge is -2.05. The molecule has 0 saturated heterocycles. The van der Waals surface area contributed by atoms with E-state index in [4.69, 9.17) is 16.9 Å². The molecule has 0 radical (unpaired) electrons. The number of aromatic nitrogens is 1. The molecule has 4 rings (SSSR count). The van der Waals surface area contributed by atoms with Gasteiger partial charge in [-0.15, -0.1) is 0 Å². The van der Waals surface area contributed by atoms with E-state index in [1.54, 1.807) is 36.4 Å². The van der Waals surface area contributed by atoms with Crippen LogP contribution in [0, 0.1) is 11.3 Å². The molecule has 0 saturated carbocycles. The number of carbonyl (C=O) groups excluding carboxylic acids is 1. The summed E-state index contributed by atoms with van der Waals surface area (Å²) >= 11 is 6.17. The summed E-state index contributed by atoms with van der Waals surface area (Å²) in [6.45, 7) is 0. The number of ketones is 1. The third kappa shape index (κ3) is 2.77. The van der Waals surface area contributed by atoms with Crippen molar-refractivity contribution in [1.29, 1.82) is 5.26 Å². The molecule has 124 valence electrons. The summed E-state index contributed by atoms with van der Waals surface area (Å²) in [5, 5.41) is 10.4. The highest BCUT2D eigenvalue weighted by Gasteiger charge is 2.21. The van der Waals surface area contributed by atoms with E-state index in [1.165, 1.54) is 0 Å². The van der Waals surface area contributed by atoms with Crippen molar-refractivity contribution in [1.82, 2.24) is 4.98 Å². The zero-order valence-corrected chi connectivity index (χ0v) is 14.4. The van der Waals surface area contributed by atoms with Gasteiger partial charge in [-0.25, -0.2) is 0 Å². The lowest BCUT2D eigenvalue weighted by Crippen LogP contribution is -2.02. The van der Waals surface area contributed by atoms with Gasteiger partial charge in [0.25, 0.3) is 0 Å². The average Bonchev–Trinajstić information content (AvgIpc) is 3.06. The first-order valence-corrected chi connectivity index (χ1v) is 8.46. The first kappa shape index (κ1) is 16.1. The monoisotopic (exact) mass is 356 g/mol. The molecule has 4 heteroatoms. The number of nitrogens with one attached hydrogen (secondary N) is 1. The highest BCUT2D eigenvalue weighted by molar-refractivity contribution is 6.32. The maximum absolute atomic E-state index is 13.2. The summed E-state index contributed by atoms with van der Waals surface area (Å²) in [6.07, 6.45) is 0. The fourth-order valence-electron chi connectivity index (χ4n) is 3.06. The van der Waals surface area contributed by atoms with Crippen LogP contribution in [0.15, 0.2) is 72.8 Å². The number of rotatable bonds is 3. The molecule has 1 heterocycles. The standard InChI is InChI=1S/C22H13ClN2O/c23-17-10-11-19-18(12-17)20(22(26)16-4-2-1-3-5-16)21(25-19)15-8-6-14(13-24)7-9-15/h1-12,25H. The second-order valence-corrected chi connectivity index (χ2v) is 6.39. The maximum Gasteiger partial charge on any atom is 0.195 e. The van der Waals surface area contributed by atoms with Crippen LogP contribution >= 0.6 is 11.6 Å². The average molecular weight is 357 g/mol. The summed E-state index contributed by atoms with van der Waals surface area (Å²) in [5.74, 6) is -0.0709. The Morgan fingerprint density at radius 1 is 0.962 bits per heavy atom. The van der Waals surface area contributed by atoms with Crippen molar-refractivity contribution in [3.8, 4) is 17.3 Å². The molecule has 26 heavy (non-hydrogen) atoms. The van der Waals surface area contributed by atoms with Crippen LogP contribution in [0.2, 0.25) is 5.02 Å². The molecule has 0 aliphatic carbocycles. The van der Waals surface area contributed by atoms with E-state index in [0.29, 0.717) is 21.7 Å². The van der Waals surface area contributed by atoms with Gasteiger partial charge in [-0.2, -0.15) is 5.26 Å². The van der Waals surface area contributed by atoms with Crippen molar-refractivity contribution in [3.63, 3.8) is 0 Å². The number of halogens is 1. The number of nitrogens with zero attached hydrogens (tertiary/aromatic N) is 1. The van der Waals surface area contributed by atoms with Crippen LogP contribution in [0.3, 0.4) is 0 Å². The summed E-state index contributed by atoms with van der Waals surface area (Å²) < 4.78 is 0. The van der Waals surface area contributed by atoms with Crippen LogP contribution in [0.4, 0.5) is 0 Å². The normalized spacial score (nSPS) is 10.6. The smallest absolute Gasteiger partial charge is 0.195 e. The Bertz CT molecular complexity index is 1150. The molecule has 0 bridgehead atoms. The maximum atomic E-state index is 13.2. The highest BCUT2D eigenvalue weighted by Crippen LogP contribution is 2.33. The molecule has 3 nitrogen and oxygen atoms in total. The Labute approximate surface area is 155 Å². The van der Waals surface area contributed by atoms with Crippen molar-refractivity contribution in [2.75, 3.05) is 0 Å². The van der Waals surface area contributed by atoms with Crippen molar-refractivity contribution >= 4 is 28.3 Å².